The van der Waals surface area contributed by atoms with Crippen LogP contribution in [0.5, 0.6) is 11.5 Å². The molecule has 0 spiro atoms. The van der Waals surface area contributed by atoms with Crippen molar-refractivity contribution in [3.05, 3.63) is 36.4 Å². The van der Waals surface area contributed by atoms with Crippen LogP contribution in [-0.4, -0.2) is 48.6 Å². The average molecular weight is 453 g/mol. The van der Waals surface area contributed by atoms with Crippen LogP contribution in [0.1, 0.15) is 6.92 Å². The van der Waals surface area contributed by atoms with Gasteiger partial charge < -0.3 is 20.1 Å². The average Bonchev–Trinajstić information content (AvgIpc) is 2.72. The number of sulfone groups is 1. The number of hydrogen-bond acceptors (Lipinski definition) is 8. The number of carbonyl (C=O) groups excluding carboxylic acids is 1. The van der Waals surface area contributed by atoms with Crippen LogP contribution in [0, 0.1) is 0 Å². The van der Waals surface area contributed by atoms with Gasteiger partial charge in [0, 0.05) is 23.9 Å². The molecule has 2 aromatic carbocycles. The normalized spacial score (nSPS) is 15.4. The van der Waals surface area contributed by atoms with Gasteiger partial charge in [-0.05, 0) is 25.1 Å². The summed E-state index contributed by atoms with van der Waals surface area (Å²) in [6.07, 6.45) is 1.00. The van der Waals surface area contributed by atoms with Crippen molar-refractivity contribution in [2.45, 2.75) is 22.0 Å². The van der Waals surface area contributed by atoms with Crippen molar-refractivity contribution in [1.29, 1.82) is 0 Å². The molecule has 10 nitrogen and oxygen atoms in total. The zero-order valence-corrected chi connectivity index (χ0v) is 17.9. The van der Waals surface area contributed by atoms with Crippen molar-refractivity contribution in [3.8, 4) is 11.5 Å². The molecule has 1 heterocycles. The van der Waals surface area contributed by atoms with Gasteiger partial charge in [0.05, 0.1) is 24.8 Å². The summed E-state index contributed by atoms with van der Waals surface area (Å²) < 4.78 is 63.6. The first-order valence-corrected chi connectivity index (χ1v) is 11.5. The molecule has 0 aliphatic carbocycles. The molecule has 1 amide bonds. The van der Waals surface area contributed by atoms with Crippen molar-refractivity contribution < 1.29 is 31.1 Å². The molecule has 0 aromatic heterocycles. The lowest BCUT2D eigenvalue weighted by Gasteiger charge is -2.17. The number of hydrogen-bond donors (Lipinski definition) is 2. The van der Waals surface area contributed by atoms with Crippen LogP contribution >= 0.6 is 0 Å². The lowest BCUT2D eigenvalue weighted by molar-refractivity contribution is -0.115. The Bertz CT molecular complexity index is 1220. The number of methoxy groups -OCH3 is 2. The highest BCUT2D eigenvalue weighted by Crippen LogP contribution is 2.30. The van der Waals surface area contributed by atoms with Gasteiger partial charge in [0.2, 0.25) is 5.91 Å². The van der Waals surface area contributed by atoms with E-state index >= 15 is 0 Å². The summed E-state index contributed by atoms with van der Waals surface area (Å²) in [5.74, 6) is 0.0169. The molecule has 0 saturated carbocycles. The molecule has 3 rings (SSSR count). The van der Waals surface area contributed by atoms with E-state index in [1.54, 1.807) is 6.07 Å². The maximum absolute atomic E-state index is 12.9. The molecule has 30 heavy (non-hydrogen) atoms. The maximum Gasteiger partial charge on any atom is 0.285 e. The van der Waals surface area contributed by atoms with Gasteiger partial charge in [0.15, 0.2) is 9.84 Å². The summed E-state index contributed by atoms with van der Waals surface area (Å²) in [5, 5.41) is 3.64. The Kier molecular flexibility index (Phi) is 5.72. The molecule has 12 heteroatoms. The van der Waals surface area contributed by atoms with Crippen LogP contribution in [0.3, 0.4) is 0 Å². The predicted octanol–water partition coefficient (Wildman–Crippen LogP) is 1.65. The first-order chi connectivity index (χ1) is 14.1. The summed E-state index contributed by atoms with van der Waals surface area (Å²) >= 11 is 0. The van der Waals surface area contributed by atoms with E-state index in [-0.39, 0.29) is 21.2 Å². The van der Waals surface area contributed by atoms with Gasteiger partial charge in [-0.1, -0.05) is 0 Å². The SMILES string of the molecule is COc1cc(NC(=O)C(C)S(=O)(=O)c2ccc3c(c2)S(=O)(=O)N=CN3)cc(OC)c1. The maximum atomic E-state index is 12.9. The van der Waals surface area contributed by atoms with Crippen LogP contribution in [0.25, 0.3) is 0 Å². The van der Waals surface area contributed by atoms with E-state index in [2.05, 4.69) is 15.0 Å². The highest BCUT2D eigenvalue weighted by Gasteiger charge is 2.32. The van der Waals surface area contributed by atoms with Crippen molar-refractivity contribution in [2.75, 3.05) is 24.9 Å². The van der Waals surface area contributed by atoms with E-state index in [1.165, 1.54) is 45.4 Å². The van der Waals surface area contributed by atoms with Gasteiger partial charge in [0.1, 0.15) is 28.0 Å². The largest absolute Gasteiger partial charge is 0.497 e. The third-order valence-electron chi connectivity index (χ3n) is 4.42. The smallest absolute Gasteiger partial charge is 0.285 e. The minimum atomic E-state index is -4.19. The first kappa shape index (κ1) is 21.6. The van der Waals surface area contributed by atoms with Crippen molar-refractivity contribution in [2.24, 2.45) is 4.40 Å². The Balaban J connectivity index is 1.90. The van der Waals surface area contributed by atoms with E-state index in [4.69, 9.17) is 9.47 Å². The van der Waals surface area contributed by atoms with Gasteiger partial charge in [-0.25, -0.2) is 8.42 Å². The molecule has 2 aromatic rings. The number of amides is 1. The van der Waals surface area contributed by atoms with Crippen LogP contribution < -0.4 is 20.1 Å². The molecular formula is C18H19N3O7S2. The number of ether oxygens (including phenoxy) is 2. The quantitative estimate of drug-likeness (QED) is 0.673. The predicted molar refractivity (Wildman–Crippen MR) is 111 cm³/mol. The van der Waals surface area contributed by atoms with Crippen molar-refractivity contribution in [3.63, 3.8) is 0 Å². The van der Waals surface area contributed by atoms with Crippen molar-refractivity contribution in [1.82, 2.24) is 0 Å². The molecular weight excluding hydrogens is 434 g/mol. The highest BCUT2D eigenvalue weighted by molar-refractivity contribution is 7.93. The molecule has 2 N–H and O–H groups in total. The minimum absolute atomic E-state index is 0.199. The van der Waals surface area contributed by atoms with E-state index < -0.39 is 31.0 Å². The van der Waals surface area contributed by atoms with E-state index in [9.17, 15) is 21.6 Å². The lowest BCUT2D eigenvalue weighted by atomic mass is 10.2. The fraction of sp³-hybridized carbons (Fsp3) is 0.222. The van der Waals surface area contributed by atoms with Crippen LogP contribution in [0.15, 0.2) is 50.6 Å². The Hall–Kier alpha value is -3.12. The Morgan fingerprint density at radius 2 is 1.73 bits per heavy atom. The fourth-order valence-electron chi connectivity index (χ4n) is 2.70. The Morgan fingerprint density at radius 3 is 2.33 bits per heavy atom. The number of nitrogens with zero attached hydrogens (tertiary/aromatic N) is 1. The number of rotatable bonds is 6. The van der Waals surface area contributed by atoms with Gasteiger partial charge >= 0.3 is 0 Å². The summed E-state index contributed by atoms with van der Waals surface area (Å²) in [4.78, 5) is 12.0. The topological polar surface area (TPSA) is 140 Å². The Labute approximate surface area is 173 Å². The van der Waals surface area contributed by atoms with Crippen LogP contribution in [-0.2, 0) is 24.7 Å². The molecule has 1 unspecified atom stereocenters. The minimum Gasteiger partial charge on any atom is -0.497 e. The molecule has 0 bridgehead atoms. The van der Waals surface area contributed by atoms with Gasteiger partial charge in [-0.15, -0.1) is 4.40 Å². The molecule has 1 aliphatic rings. The van der Waals surface area contributed by atoms with Gasteiger partial charge in [-0.2, -0.15) is 8.42 Å². The third-order valence-corrected chi connectivity index (χ3v) is 7.76. The molecule has 0 radical (unpaired) electrons. The van der Waals surface area contributed by atoms with E-state index in [1.807, 2.05) is 0 Å². The summed E-state index contributed by atoms with van der Waals surface area (Å²) in [7, 11) is -5.33. The molecule has 160 valence electrons. The Morgan fingerprint density at radius 1 is 1.10 bits per heavy atom. The number of benzene rings is 2. The van der Waals surface area contributed by atoms with Gasteiger partial charge in [0.25, 0.3) is 10.0 Å². The monoisotopic (exact) mass is 453 g/mol. The zero-order valence-electron chi connectivity index (χ0n) is 16.2. The first-order valence-electron chi connectivity index (χ1n) is 8.56. The standard InChI is InChI=1S/C18H19N3O7S2/c1-11(18(22)21-12-6-13(27-2)8-14(7-12)28-3)29(23,24)15-4-5-16-17(9-15)30(25,26)20-10-19-16/h4-11H,1-3H3,(H,19,20)(H,21,22). The van der Waals surface area contributed by atoms with Crippen molar-refractivity contribution >= 4 is 43.5 Å². The van der Waals surface area contributed by atoms with E-state index in [0.717, 1.165) is 12.4 Å². The highest BCUT2D eigenvalue weighted by atomic mass is 32.2. The summed E-state index contributed by atoms with van der Waals surface area (Å²) in [6, 6.07) is 8.14. The fourth-order valence-corrected chi connectivity index (χ4v) is 5.05. The van der Waals surface area contributed by atoms with Crippen LogP contribution in [0.4, 0.5) is 11.4 Å². The third kappa shape index (κ3) is 4.09. The summed E-state index contributed by atoms with van der Waals surface area (Å²) in [5.41, 5.74) is 0.481. The number of carbonyl (C=O) groups is 1. The second-order valence-electron chi connectivity index (χ2n) is 6.29. The second kappa shape index (κ2) is 7.95. The van der Waals surface area contributed by atoms with E-state index in [0.29, 0.717) is 11.5 Å². The second-order valence-corrected chi connectivity index (χ2v) is 10.2. The lowest BCUT2D eigenvalue weighted by Crippen LogP contribution is -2.32. The molecule has 0 fully saturated rings. The number of sulfonamides is 1. The molecule has 0 saturated heterocycles. The summed E-state index contributed by atoms with van der Waals surface area (Å²) in [6.45, 7) is 1.21. The number of fused-ring (bicyclic) bond motifs is 1. The van der Waals surface area contributed by atoms with Crippen LogP contribution in [0.2, 0.25) is 0 Å². The molecule has 1 aliphatic heterocycles. The number of anilines is 2. The number of nitrogens with one attached hydrogen (secondary N) is 2. The molecule has 1 atom stereocenters. The zero-order chi connectivity index (χ0) is 22.1. The van der Waals surface area contributed by atoms with Gasteiger partial charge in [-0.3, -0.25) is 4.79 Å².